The zero-order valence-electron chi connectivity index (χ0n) is 16.6. The second-order valence-electron chi connectivity index (χ2n) is 7.67. The molecule has 2 aromatic carbocycles. The highest BCUT2D eigenvalue weighted by atomic mass is 19.1. The fourth-order valence-corrected chi connectivity index (χ4v) is 4.35. The number of nitrogens with zero attached hydrogens (tertiary/aromatic N) is 3. The number of carbonyl (C=O) groups excluding carboxylic acids is 1. The molecule has 7 heteroatoms. The summed E-state index contributed by atoms with van der Waals surface area (Å²) in [5, 5.41) is 19.7. The number of ether oxygens (including phenoxy) is 1. The number of carbonyl (C=O) groups is 1. The van der Waals surface area contributed by atoms with Crippen LogP contribution < -0.4 is 0 Å². The van der Waals surface area contributed by atoms with Gasteiger partial charge in [-0.05, 0) is 28.8 Å². The van der Waals surface area contributed by atoms with Crippen LogP contribution in [0.3, 0.4) is 0 Å². The van der Waals surface area contributed by atoms with E-state index in [1.165, 1.54) is 17.0 Å². The van der Waals surface area contributed by atoms with E-state index in [9.17, 15) is 19.6 Å². The van der Waals surface area contributed by atoms with Crippen molar-refractivity contribution >= 4 is 5.91 Å². The van der Waals surface area contributed by atoms with Gasteiger partial charge < -0.3 is 14.7 Å². The maximum absolute atomic E-state index is 13.5. The van der Waals surface area contributed by atoms with E-state index >= 15 is 0 Å². The Morgan fingerprint density at radius 2 is 1.90 bits per heavy atom. The van der Waals surface area contributed by atoms with E-state index < -0.39 is 12.1 Å². The number of nitriles is 1. The van der Waals surface area contributed by atoms with E-state index in [2.05, 4.69) is 6.07 Å². The Morgan fingerprint density at radius 3 is 2.53 bits per heavy atom. The van der Waals surface area contributed by atoms with Gasteiger partial charge in [-0.25, -0.2) is 4.39 Å². The molecule has 0 aromatic heterocycles. The first-order valence-electron chi connectivity index (χ1n) is 10.1. The Balaban J connectivity index is 1.50. The zero-order valence-corrected chi connectivity index (χ0v) is 16.6. The average Bonchev–Trinajstić information content (AvgIpc) is 2.75. The number of benzene rings is 2. The molecule has 1 N–H and O–H groups in total. The van der Waals surface area contributed by atoms with Crippen molar-refractivity contribution in [2.24, 2.45) is 0 Å². The molecule has 2 aromatic rings. The van der Waals surface area contributed by atoms with Crippen molar-refractivity contribution < 1.29 is 19.0 Å². The van der Waals surface area contributed by atoms with Crippen molar-refractivity contribution in [1.82, 2.24) is 9.80 Å². The molecule has 156 valence electrons. The predicted octanol–water partition coefficient (Wildman–Crippen LogP) is 2.00. The topological polar surface area (TPSA) is 76.8 Å². The number of aliphatic hydroxyl groups excluding tert-OH is 1. The monoisotopic (exact) mass is 409 g/mol. The van der Waals surface area contributed by atoms with Crippen molar-refractivity contribution in [3.63, 3.8) is 0 Å². The van der Waals surface area contributed by atoms with E-state index in [0.717, 1.165) is 16.7 Å². The van der Waals surface area contributed by atoms with E-state index in [1.54, 1.807) is 6.07 Å². The van der Waals surface area contributed by atoms with Gasteiger partial charge in [0.25, 0.3) is 0 Å². The third kappa shape index (κ3) is 3.94. The van der Waals surface area contributed by atoms with Crippen LogP contribution in [0.15, 0.2) is 48.5 Å². The highest BCUT2D eigenvalue weighted by Gasteiger charge is 2.51. The molecule has 0 spiro atoms. The number of morpholine rings is 1. The summed E-state index contributed by atoms with van der Waals surface area (Å²) in [4.78, 5) is 16.4. The van der Waals surface area contributed by atoms with Crippen molar-refractivity contribution in [3.8, 4) is 17.2 Å². The minimum Gasteiger partial charge on any atom is -0.394 e. The molecule has 2 fully saturated rings. The molecule has 4 rings (SSSR count). The Labute approximate surface area is 175 Å². The smallest absolute Gasteiger partial charge is 0.238 e. The van der Waals surface area contributed by atoms with Crippen molar-refractivity contribution in [1.29, 1.82) is 5.26 Å². The quantitative estimate of drug-likeness (QED) is 0.818. The summed E-state index contributed by atoms with van der Waals surface area (Å²) in [6.45, 7) is 2.58. The average molecular weight is 409 g/mol. The molecule has 0 saturated carbocycles. The summed E-state index contributed by atoms with van der Waals surface area (Å²) in [6.07, 6.45) is 0. The lowest BCUT2D eigenvalue weighted by Gasteiger charge is -2.52. The molecule has 2 aliphatic heterocycles. The maximum Gasteiger partial charge on any atom is 0.238 e. The number of halogens is 1. The Hall–Kier alpha value is -2.79. The summed E-state index contributed by atoms with van der Waals surface area (Å²) in [7, 11) is 0. The molecule has 30 heavy (non-hydrogen) atoms. The summed E-state index contributed by atoms with van der Waals surface area (Å²) < 4.78 is 18.8. The number of aliphatic hydroxyl groups is 1. The van der Waals surface area contributed by atoms with Crippen LogP contribution in [0.2, 0.25) is 0 Å². The van der Waals surface area contributed by atoms with Gasteiger partial charge in [0.05, 0.1) is 38.5 Å². The Morgan fingerprint density at radius 1 is 1.17 bits per heavy atom. The van der Waals surface area contributed by atoms with Gasteiger partial charge in [-0.15, -0.1) is 0 Å². The Kier molecular flexibility index (Phi) is 6.09. The first-order valence-corrected chi connectivity index (χ1v) is 10.1. The van der Waals surface area contributed by atoms with Crippen LogP contribution >= 0.6 is 0 Å². The van der Waals surface area contributed by atoms with Crippen LogP contribution in [0.5, 0.6) is 0 Å². The second kappa shape index (κ2) is 8.92. The van der Waals surface area contributed by atoms with Crippen LogP contribution in [0.25, 0.3) is 11.1 Å². The molecule has 6 nitrogen and oxygen atoms in total. The van der Waals surface area contributed by atoms with Crippen molar-refractivity contribution in [3.05, 3.63) is 59.9 Å². The number of rotatable bonds is 5. The highest BCUT2D eigenvalue weighted by molar-refractivity contribution is 5.81. The first-order chi connectivity index (χ1) is 14.6. The molecule has 0 radical (unpaired) electrons. The molecule has 1 amide bonds. The maximum atomic E-state index is 13.5. The molecule has 2 aliphatic rings. The minimum atomic E-state index is -0.615. The lowest BCUT2D eigenvalue weighted by molar-refractivity contribution is -0.149. The molecule has 3 atom stereocenters. The van der Waals surface area contributed by atoms with Crippen LogP contribution in [-0.2, 0) is 9.53 Å². The number of hydrogen-bond acceptors (Lipinski definition) is 5. The van der Waals surface area contributed by atoms with Crippen LogP contribution in [0.4, 0.5) is 4.39 Å². The standard InChI is InChI=1S/C23H24FN3O3/c24-19-3-1-2-18(12-19)16-4-6-17(7-5-16)23-20(13-25)27(21(23)15-28)22(29)14-26-8-10-30-11-9-26/h1-7,12,20-21,23,28H,8-11,14-15H2/t20-,21+,23-/m0/s1. The van der Waals surface area contributed by atoms with Gasteiger partial charge >= 0.3 is 0 Å². The zero-order chi connectivity index (χ0) is 21.1. The van der Waals surface area contributed by atoms with Crippen molar-refractivity contribution in [2.75, 3.05) is 39.5 Å². The van der Waals surface area contributed by atoms with Gasteiger partial charge in [-0.1, -0.05) is 36.4 Å². The van der Waals surface area contributed by atoms with Crippen LogP contribution in [0, 0.1) is 17.1 Å². The first kappa shape index (κ1) is 20.5. The van der Waals surface area contributed by atoms with E-state index in [-0.39, 0.29) is 30.8 Å². The third-order valence-corrected chi connectivity index (χ3v) is 5.94. The molecule has 0 unspecified atom stereocenters. The number of amides is 1. The van der Waals surface area contributed by atoms with Crippen molar-refractivity contribution in [2.45, 2.75) is 18.0 Å². The fourth-order valence-electron chi connectivity index (χ4n) is 4.35. The molecular formula is C23H24FN3O3. The van der Waals surface area contributed by atoms with Gasteiger partial charge in [-0.3, -0.25) is 9.69 Å². The molecule has 0 bridgehead atoms. The van der Waals surface area contributed by atoms with Crippen LogP contribution in [-0.4, -0.2) is 72.4 Å². The molecule has 2 heterocycles. The summed E-state index contributed by atoms with van der Waals surface area (Å²) in [5.74, 6) is -0.694. The predicted molar refractivity (Wildman–Crippen MR) is 109 cm³/mol. The number of hydrogen-bond donors (Lipinski definition) is 1. The number of likely N-dealkylation sites (tertiary alicyclic amines) is 1. The van der Waals surface area contributed by atoms with Gasteiger partial charge in [0.1, 0.15) is 11.9 Å². The van der Waals surface area contributed by atoms with E-state index in [4.69, 9.17) is 4.74 Å². The van der Waals surface area contributed by atoms with Gasteiger partial charge in [-0.2, -0.15) is 5.26 Å². The molecule has 0 aliphatic carbocycles. The van der Waals surface area contributed by atoms with E-state index in [0.29, 0.717) is 26.3 Å². The SMILES string of the molecule is N#C[C@H]1[C@H](c2ccc(-c3cccc(F)c3)cc2)[C@@H](CO)N1C(=O)CN1CCOCC1. The summed E-state index contributed by atoms with van der Waals surface area (Å²) in [5.41, 5.74) is 2.52. The fraction of sp³-hybridized carbons (Fsp3) is 0.391. The summed E-state index contributed by atoms with van der Waals surface area (Å²) in [6, 6.07) is 15.1. The highest BCUT2D eigenvalue weighted by Crippen LogP contribution is 2.41. The minimum absolute atomic E-state index is 0.143. The van der Waals surface area contributed by atoms with E-state index in [1.807, 2.05) is 35.2 Å². The van der Waals surface area contributed by atoms with Gasteiger partial charge in [0.2, 0.25) is 5.91 Å². The lowest BCUT2D eigenvalue weighted by Crippen LogP contribution is -2.66. The van der Waals surface area contributed by atoms with Crippen LogP contribution in [0.1, 0.15) is 11.5 Å². The normalized spacial score (nSPS) is 24.2. The van der Waals surface area contributed by atoms with Gasteiger partial charge in [0.15, 0.2) is 0 Å². The second-order valence-corrected chi connectivity index (χ2v) is 7.67. The summed E-state index contributed by atoms with van der Waals surface area (Å²) >= 11 is 0. The molecule has 2 saturated heterocycles. The Bertz CT molecular complexity index is 937. The van der Waals surface area contributed by atoms with Gasteiger partial charge in [0, 0.05) is 19.0 Å². The lowest BCUT2D eigenvalue weighted by atomic mass is 9.75. The third-order valence-electron chi connectivity index (χ3n) is 5.94. The molecular weight excluding hydrogens is 385 g/mol. The largest absolute Gasteiger partial charge is 0.394 e.